The lowest BCUT2D eigenvalue weighted by atomic mass is 10.2. The lowest BCUT2D eigenvalue weighted by Gasteiger charge is -2.11. The molecule has 0 aliphatic carbocycles. The summed E-state index contributed by atoms with van der Waals surface area (Å²) in [6.07, 6.45) is 2.98. The van der Waals surface area contributed by atoms with Crippen LogP contribution in [0, 0.1) is 0 Å². The summed E-state index contributed by atoms with van der Waals surface area (Å²) in [5.74, 6) is -0.896. The van der Waals surface area contributed by atoms with Crippen LogP contribution < -0.4 is 5.32 Å². The van der Waals surface area contributed by atoms with Crippen LogP contribution in [0.1, 0.15) is 19.8 Å². The third-order valence-corrected chi connectivity index (χ3v) is 2.87. The van der Waals surface area contributed by atoms with Crippen molar-refractivity contribution in [2.45, 2.75) is 25.8 Å². The molecule has 1 aromatic carbocycles. The van der Waals surface area contributed by atoms with Gasteiger partial charge in [0.15, 0.2) is 0 Å². The minimum atomic E-state index is -0.896. The van der Waals surface area contributed by atoms with Gasteiger partial charge in [-0.25, -0.2) is 0 Å². The van der Waals surface area contributed by atoms with Gasteiger partial charge in [0.05, 0.1) is 5.52 Å². The van der Waals surface area contributed by atoms with Gasteiger partial charge in [-0.2, -0.15) is 0 Å². The van der Waals surface area contributed by atoms with Crippen molar-refractivity contribution in [1.82, 2.24) is 10.3 Å². The number of para-hydroxylation sites is 1. The summed E-state index contributed by atoms with van der Waals surface area (Å²) < 4.78 is 0. The molecular weight excluding hydrogens is 268 g/mol. The van der Waals surface area contributed by atoms with Gasteiger partial charge in [0.2, 0.25) is 0 Å². The van der Waals surface area contributed by atoms with E-state index in [1.807, 2.05) is 37.4 Å². The number of carbonyl (C=O) groups is 1. The van der Waals surface area contributed by atoms with Gasteiger partial charge < -0.3 is 15.5 Å². The Morgan fingerprint density at radius 1 is 1.29 bits per heavy atom. The quantitative estimate of drug-likeness (QED) is 0.758. The predicted molar refractivity (Wildman–Crippen MR) is 83.2 cm³/mol. The fourth-order valence-corrected chi connectivity index (χ4v) is 1.78. The van der Waals surface area contributed by atoms with Crippen LogP contribution in [0.3, 0.4) is 0 Å². The molecule has 0 saturated carbocycles. The maximum absolute atomic E-state index is 10.4. The van der Waals surface area contributed by atoms with Crippen molar-refractivity contribution in [1.29, 1.82) is 0 Å². The number of carboxylic acid groups (broad SMARTS) is 1. The smallest absolute Gasteiger partial charge is 0.320 e. The first-order valence-corrected chi connectivity index (χ1v) is 7.05. The van der Waals surface area contributed by atoms with Crippen molar-refractivity contribution in [3.05, 3.63) is 42.6 Å². The molecule has 0 saturated heterocycles. The average Bonchev–Trinajstić information content (AvgIpc) is 2.52. The Morgan fingerprint density at radius 3 is 2.62 bits per heavy atom. The Kier molecular flexibility index (Phi) is 8.01. The van der Waals surface area contributed by atoms with E-state index in [4.69, 9.17) is 10.2 Å². The number of nitrogens with zero attached hydrogens (tertiary/aromatic N) is 1. The third kappa shape index (κ3) is 6.33. The first-order chi connectivity index (χ1) is 10.2. The third-order valence-electron chi connectivity index (χ3n) is 2.87. The van der Waals surface area contributed by atoms with Crippen LogP contribution in [0.5, 0.6) is 0 Å². The number of hydrogen-bond donors (Lipinski definition) is 3. The summed E-state index contributed by atoms with van der Waals surface area (Å²) in [6.45, 7) is 2.55. The molecule has 114 valence electrons. The first kappa shape index (κ1) is 17.1. The number of rotatable bonds is 6. The van der Waals surface area contributed by atoms with E-state index in [1.165, 1.54) is 5.39 Å². The Bertz CT molecular complexity index is 480. The molecule has 0 aliphatic rings. The summed E-state index contributed by atoms with van der Waals surface area (Å²) >= 11 is 0. The van der Waals surface area contributed by atoms with E-state index >= 15 is 0 Å². The molecule has 2 rings (SSSR count). The second-order valence-corrected chi connectivity index (χ2v) is 4.55. The Morgan fingerprint density at radius 2 is 2.00 bits per heavy atom. The van der Waals surface area contributed by atoms with Gasteiger partial charge in [-0.15, -0.1) is 0 Å². The van der Waals surface area contributed by atoms with E-state index in [-0.39, 0.29) is 13.0 Å². The number of benzene rings is 1. The van der Waals surface area contributed by atoms with Gasteiger partial charge >= 0.3 is 5.97 Å². The van der Waals surface area contributed by atoms with Crippen molar-refractivity contribution >= 4 is 16.9 Å². The molecule has 1 aromatic heterocycles. The lowest BCUT2D eigenvalue weighted by Crippen LogP contribution is -2.37. The van der Waals surface area contributed by atoms with E-state index < -0.39 is 12.0 Å². The molecule has 0 spiro atoms. The normalized spacial score (nSPS) is 11.5. The van der Waals surface area contributed by atoms with Gasteiger partial charge in [-0.1, -0.05) is 31.2 Å². The molecule has 5 nitrogen and oxygen atoms in total. The van der Waals surface area contributed by atoms with Crippen molar-refractivity contribution in [3.63, 3.8) is 0 Å². The lowest BCUT2D eigenvalue weighted by molar-refractivity contribution is -0.139. The summed E-state index contributed by atoms with van der Waals surface area (Å²) in [6, 6.07) is 11.5. The monoisotopic (exact) mass is 290 g/mol. The van der Waals surface area contributed by atoms with Gasteiger partial charge in [-0.05, 0) is 31.5 Å². The van der Waals surface area contributed by atoms with E-state index in [9.17, 15) is 4.79 Å². The number of fused-ring (bicyclic) bond motifs is 1. The summed E-state index contributed by atoms with van der Waals surface area (Å²) in [7, 11) is 0. The predicted octanol–water partition coefficient (Wildman–Crippen LogP) is 2.06. The van der Waals surface area contributed by atoms with Crippen LogP contribution in [-0.4, -0.2) is 40.4 Å². The number of aliphatic hydroxyl groups excluding tert-OH is 1. The fourth-order valence-electron chi connectivity index (χ4n) is 1.78. The molecule has 3 N–H and O–H groups in total. The van der Waals surface area contributed by atoms with Crippen LogP contribution in [0.25, 0.3) is 10.9 Å². The maximum atomic E-state index is 10.4. The minimum Gasteiger partial charge on any atom is -0.480 e. The molecule has 0 aliphatic heterocycles. The highest BCUT2D eigenvalue weighted by atomic mass is 16.4. The topological polar surface area (TPSA) is 82.5 Å². The number of carboxylic acids is 1. The largest absolute Gasteiger partial charge is 0.480 e. The van der Waals surface area contributed by atoms with Crippen LogP contribution in [0.2, 0.25) is 0 Å². The van der Waals surface area contributed by atoms with Gasteiger partial charge in [0, 0.05) is 18.2 Å². The Hall–Kier alpha value is -1.98. The van der Waals surface area contributed by atoms with E-state index in [2.05, 4.69) is 22.4 Å². The number of aliphatic hydroxyl groups is 1. The molecule has 0 unspecified atom stereocenters. The van der Waals surface area contributed by atoms with Crippen molar-refractivity contribution < 1.29 is 15.0 Å². The molecule has 0 amide bonds. The zero-order valence-electron chi connectivity index (χ0n) is 12.2. The minimum absolute atomic E-state index is 0.0896. The Labute approximate surface area is 124 Å². The highest BCUT2D eigenvalue weighted by Crippen LogP contribution is 2.07. The number of aliphatic carboxylic acids is 1. The molecular formula is C16H22N2O3. The van der Waals surface area contributed by atoms with Crippen LogP contribution in [0.15, 0.2) is 42.6 Å². The number of hydrogen-bond acceptors (Lipinski definition) is 4. The highest BCUT2D eigenvalue weighted by molar-refractivity contribution is 5.77. The molecule has 21 heavy (non-hydrogen) atoms. The molecule has 0 radical (unpaired) electrons. The summed E-state index contributed by atoms with van der Waals surface area (Å²) in [5.41, 5.74) is 1.06. The van der Waals surface area contributed by atoms with E-state index in [1.54, 1.807) is 0 Å². The molecule has 0 fully saturated rings. The fraction of sp³-hybridized carbons (Fsp3) is 0.375. The highest BCUT2D eigenvalue weighted by Gasteiger charge is 2.14. The van der Waals surface area contributed by atoms with Crippen LogP contribution in [-0.2, 0) is 4.79 Å². The zero-order valence-corrected chi connectivity index (χ0v) is 12.2. The number of pyridine rings is 1. The van der Waals surface area contributed by atoms with Crippen LogP contribution >= 0.6 is 0 Å². The molecule has 5 heteroatoms. The molecule has 0 bridgehead atoms. The zero-order chi connectivity index (χ0) is 15.5. The van der Waals surface area contributed by atoms with Gasteiger partial charge in [0.1, 0.15) is 6.04 Å². The molecule has 2 aromatic rings. The second-order valence-electron chi connectivity index (χ2n) is 4.55. The van der Waals surface area contributed by atoms with E-state index in [0.29, 0.717) is 6.54 Å². The average molecular weight is 290 g/mol. The van der Waals surface area contributed by atoms with Gasteiger partial charge in [-0.3, -0.25) is 9.78 Å². The SMILES string of the molecule is CCCN[C@@H](CCO)C(=O)O.c1ccc2ncccc2c1. The first-order valence-electron chi connectivity index (χ1n) is 7.05. The van der Waals surface area contributed by atoms with Crippen LogP contribution in [0.4, 0.5) is 0 Å². The number of aromatic nitrogens is 1. The molecule has 1 atom stereocenters. The number of nitrogens with one attached hydrogen (secondary N) is 1. The van der Waals surface area contributed by atoms with E-state index in [0.717, 1.165) is 11.9 Å². The van der Waals surface area contributed by atoms with Crippen molar-refractivity contribution in [3.8, 4) is 0 Å². The summed E-state index contributed by atoms with van der Waals surface area (Å²) in [5, 5.41) is 21.0. The van der Waals surface area contributed by atoms with Gasteiger partial charge in [0.25, 0.3) is 0 Å². The maximum Gasteiger partial charge on any atom is 0.320 e. The molecule has 1 heterocycles. The van der Waals surface area contributed by atoms with Crippen molar-refractivity contribution in [2.75, 3.05) is 13.2 Å². The Balaban J connectivity index is 0.000000210. The second kappa shape index (κ2) is 9.85. The summed E-state index contributed by atoms with van der Waals surface area (Å²) in [4.78, 5) is 14.6. The van der Waals surface area contributed by atoms with Crippen molar-refractivity contribution in [2.24, 2.45) is 0 Å². The standard InChI is InChI=1S/C9H7N.C7H15NO3/c1-2-6-9-8(4-1)5-3-7-10-9;1-2-4-8-6(3-5-9)7(10)11/h1-7H;6,8-9H,2-5H2,1H3,(H,10,11)/t;6-/m.0/s1.